The van der Waals surface area contributed by atoms with Crippen molar-refractivity contribution in [2.45, 2.75) is 31.9 Å². The highest BCUT2D eigenvalue weighted by molar-refractivity contribution is 5.81. The zero-order valence-corrected chi connectivity index (χ0v) is 12.7. The summed E-state index contributed by atoms with van der Waals surface area (Å²) in [7, 11) is 1.55. The lowest BCUT2D eigenvalue weighted by Crippen LogP contribution is -2.50. The number of rotatable bonds is 5. The highest BCUT2D eigenvalue weighted by atomic mass is 16.5. The van der Waals surface area contributed by atoms with Crippen molar-refractivity contribution in [2.24, 2.45) is 5.73 Å². The number of aryl methyl sites for hydroxylation is 1. The van der Waals surface area contributed by atoms with Crippen molar-refractivity contribution in [2.75, 3.05) is 26.8 Å². The summed E-state index contributed by atoms with van der Waals surface area (Å²) in [6.45, 7) is 3.68. The van der Waals surface area contributed by atoms with Crippen LogP contribution in [0.3, 0.4) is 0 Å². The summed E-state index contributed by atoms with van der Waals surface area (Å²) in [4.78, 5) is 13.9. The van der Waals surface area contributed by atoms with Crippen LogP contribution in [-0.4, -0.2) is 49.8 Å². The monoisotopic (exact) mass is 292 g/mol. The highest BCUT2D eigenvalue weighted by Gasteiger charge is 2.27. The SMILES string of the molecule is COC[C@@H](N)C(=O)N1CCC(Oc2ccccc2C)CC1. The van der Waals surface area contributed by atoms with Gasteiger partial charge in [0.25, 0.3) is 0 Å². The standard InChI is InChI=1S/C16H24N2O3/c1-12-5-3-4-6-15(12)21-13-7-9-18(10-8-13)16(19)14(17)11-20-2/h3-6,13-14H,7-11,17H2,1-2H3/t14-/m1/s1. The molecule has 5 nitrogen and oxygen atoms in total. The average molecular weight is 292 g/mol. The number of carbonyl (C=O) groups excluding carboxylic acids is 1. The summed E-state index contributed by atoms with van der Waals surface area (Å²) in [6.07, 6.45) is 1.83. The van der Waals surface area contributed by atoms with Crippen LogP contribution in [0.5, 0.6) is 5.75 Å². The van der Waals surface area contributed by atoms with Crippen molar-refractivity contribution in [3.05, 3.63) is 29.8 Å². The van der Waals surface area contributed by atoms with Gasteiger partial charge in [-0.05, 0) is 18.6 Å². The van der Waals surface area contributed by atoms with E-state index in [9.17, 15) is 4.79 Å². The molecular formula is C16H24N2O3. The highest BCUT2D eigenvalue weighted by Crippen LogP contribution is 2.22. The minimum Gasteiger partial charge on any atom is -0.490 e. The first-order chi connectivity index (χ1) is 10.1. The van der Waals surface area contributed by atoms with Gasteiger partial charge in [-0.25, -0.2) is 0 Å². The van der Waals surface area contributed by atoms with Crippen LogP contribution in [0.4, 0.5) is 0 Å². The predicted molar refractivity (Wildman–Crippen MR) is 81.3 cm³/mol. The third-order valence-electron chi connectivity index (χ3n) is 3.80. The number of nitrogens with two attached hydrogens (primary N) is 1. The van der Waals surface area contributed by atoms with Crippen LogP contribution in [-0.2, 0) is 9.53 Å². The maximum absolute atomic E-state index is 12.1. The van der Waals surface area contributed by atoms with E-state index in [-0.39, 0.29) is 18.6 Å². The fraction of sp³-hybridized carbons (Fsp3) is 0.562. The molecule has 1 saturated heterocycles. The Morgan fingerprint density at radius 3 is 2.67 bits per heavy atom. The lowest BCUT2D eigenvalue weighted by atomic mass is 10.1. The van der Waals surface area contributed by atoms with E-state index in [0.717, 1.165) is 24.2 Å². The van der Waals surface area contributed by atoms with Crippen molar-refractivity contribution < 1.29 is 14.3 Å². The first-order valence-electron chi connectivity index (χ1n) is 7.37. The summed E-state index contributed by atoms with van der Waals surface area (Å²) >= 11 is 0. The predicted octanol–water partition coefficient (Wildman–Crippen LogP) is 1.34. The number of hydrogen-bond donors (Lipinski definition) is 1. The van der Waals surface area contributed by atoms with E-state index >= 15 is 0 Å². The quantitative estimate of drug-likeness (QED) is 0.889. The summed E-state index contributed by atoms with van der Waals surface area (Å²) in [5, 5.41) is 0. The van der Waals surface area contributed by atoms with Gasteiger partial charge in [0.1, 0.15) is 17.9 Å². The number of likely N-dealkylation sites (tertiary alicyclic amines) is 1. The van der Waals surface area contributed by atoms with Crippen LogP contribution in [0, 0.1) is 6.92 Å². The summed E-state index contributed by atoms with van der Waals surface area (Å²) in [5.41, 5.74) is 6.93. The molecule has 116 valence electrons. The Hall–Kier alpha value is -1.59. The largest absolute Gasteiger partial charge is 0.490 e. The van der Waals surface area contributed by atoms with Crippen LogP contribution in [0.25, 0.3) is 0 Å². The van der Waals surface area contributed by atoms with Gasteiger partial charge >= 0.3 is 0 Å². The molecule has 0 spiro atoms. The van der Waals surface area contributed by atoms with E-state index in [2.05, 4.69) is 0 Å². The fourth-order valence-corrected chi connectivity index (χ4v) is 2.55. The molecule has 1 aliphatic rings. The maximum atomic E-state index is 12.1. The van der Waals surface area contributed by atoms with Crippen LogP contribution in [0.1, 0.15) is 18.4 Å². The second kappa shape index (κ2) is 7.43. The molecule has 1 heterocycles. The first kappa shape index (κ1) is 15.8. The zero-order valence-electron chi connectivity index (χ0n) is 12.7. The Kier molecular flexibility index (Phi) is 5.59. The molecule has 0 bridgehead atoms. The first-order valence-corrected chi connectivity index (χ1v) is 7.37. The van der Waals surface area contributed by atoms with Gasteiger partial charge in [0.05, 0.1) is 6.61 Å². The third kappa shape index (κ3) is 4.19. The Morgan fingerprint density at radius 2 is 2.05 bits per heavy atom. The molecular weight excluding hydrogens is 268 g/mol. The second-order valence-electron chi connectivity index (χ2n) is 5.47. The molecule has 1 aromatic rings. The van der Waals surface area contributed by atoms with Crippen LogP contribution < -0.4 is 10.5 Å². The van der Waals surface area contributed by atoms with Crippen LogP contribution in [0.15, 0.2) is 24.3 Å². The zero-order chi connectivity index (χ0) is 15.2. The third-order valence-corrected chi connectivity index (χ3v) is 3.80. The number of ether oxygens (including phenoxy) is 2. The minimum atomic E-state index is -0.566. The lowest BCUT2D eigenvalue weighted by Gasteiger charge is -2.33. The average Bonchev–Trinajstić information content (AvgIpc) is 2.50. The maximum Gasteiger partial charge on any atom is 0.241 e. The number of piperidine rings is 1. The molecule has 1 amide bonds. The normalized spacial score (nSPS) is 17.6. The number of nitrogens with zero attached hydrogens (tertiary/aromatic N) is 1. The van der Waals surface area contributed by atoms with E-state index in [0.29, 0.717) is 13.1 Å². The molecule has 5 heteroatoms. The molecule has 0 aromatic heterocycles. The van der Waals surface area contributed by atoms with Crippen molar-refractivity contribution in [1.82, 2.24) is 4.90 Å². The smallest absolute Gasteiger partial charge is 0.241 e. The van der Waals surface area contributed by atoms with Crippen molar-refractivity contribution in [3.63, 3.8) is 0 Å². The van der Waals surface area contributed by atoms with Gasteiger partial charge in [0.2, 0.25) is 5.91 Å². The summed E-state index contributed by atoms with van der Waals surface area (Å²) in [5.74, 6) is 0.893. The summed E-state index contributed by atoms with van der Waals surface area (Å²) in [6, 6.07) is 7.44. The van der Waals surface area contributed by atoms with Gasteiger partial charge in [0.15, 0.2) is 0 Å². The Labute approximate surface area is 126 Å². The molecule has 1 fully saturated rings. The molecule has 0 saturated carbocycles. The summed E-state index contributed by atoms with van der Waals surface area (Å²) < 4.78 is 11.0. The van der Waals surface area contributed by atoms with E-state index in [4.69, 9.17) is 15.2 Å². The molecule has 1 aromatic carbocycles. The van der Waals surface area contributed by atoms with Crippen LogP contribution in [0.2, 0.25) is 0 Å². The van der Waals surface area contributed by atoms with Crippen molar-refractivity contribution in [3.8, 4) is 5.75 Å². The minimum absolute atomic E-state index is 0.0359. The lowest BCUT2D eigenvalue weighted by molar-refractivity contribution is -0.135. The number of carbonyl (C=O) groups is 1. The van der Waals surface area contributed by atoms with E-state index < -0.39 is 6.04 Å². The fourth-order valence-electron chi connectivity index (χ4n) is 2.55. The van der Waals surface area contributed by atoms with E-state index in [1.54, 1.807) is 12.0 Å². The van der Waals surface area contributed by atoms with Gasteiger partial charge in [-0.2, -0.15) is 0 Å². The molecule has 2 rings (SSSR count). The molecule has 1 atom stereocenters. The van der Waals surface area contributed by atoms with Gasteiger partial charge < -0.3 is 20.1 Å². The van der Waals surface area contributed by atoms with Gasteiger partial charge in [-0.3, -0.25) is 4.79 Å². The van der Waals surface area contributed by atoms with Crippen molar-refractivity contribution >= 4 is 5.91 Å². The Balaban J connectivity index is 1.83. The Morgan fingerprint density at radius 1 is 1.38 bits per heavy atom. The number of hydrogen-bond acceptors (Lipinski definition) is 4. The van der Waals surface area contributed by atoms with Gasteiger partial charge in [-0.1, -0.05) is 18.2 Å². The number of benzene rings is 1. The van der Waals surface area contributed by atoms with Crippen molar-refractivity contribution in [1.29, 1.82) is 0 Å². The number of para-hydroxylation sites is 1. The molecule has 0 radical (unpaired) electrons. The Bertz CT molecular complexity index is 470. The number of methoxy groups -OCH3 is 1. The van der Waals surface area contributed by atoms with E-state index in [1.165, 1.54) is 0 Å². The molecule has 0 aliphatic carbocycles. The molecule has 21 heavy (non-hydrogen) atoms. The van der Waals surface area contributed by atoms with Crippen LogP contribution >= 0.6 is 0 Å². The molecule has 0 unspecified atom stereocenters. The van der Waals surface area contributed by atoms with E-state index in [1.807, 2.05) is 31.2 Å². The van der Waals surface area contributed by atoms with Gasteiger partial charge in [0, 0.05) is 33.0 Å². The number of amides is 1. The second-order valence-corrected chi connectivity index (χ2v) is 5.47. The van der Waals surface area contributed by atoms with Gasteiger partial charge in [-0.15, -0.1) is 0 Å². The molecule has 2 N–H and O–H groups in total. The molecule has 1 aliphatic heterocycles. The topological polar surface area (TPSA) is 64.8 Å².